The third-order valence-electron chi connectivity index (χ3n) is 3.60. The topological polar surface area (TPSA) is 46.3 Å². The number of carbonyl (C=O) groups excluding carboxylic acids is 1. The number of amides is 1. The van der Waals surface area contributed by atoms with E-state index < -0.39 is 0 Å². The largest absolute Gasteiger partial charge is 0.331 e. The third kappa shape index (κ3) is 2.63. The lowest BCUT2D eigenvalue weighted by Gasteiger charge is -2.40. The van der Waals surface area contributed by atoms with Crippen LogP contribution in [-0.4, -0.2) is 29.4 Å². The summed E-state index contributed by atoms with van der Waals surface area (Å²) in [4.78, 5) is 15.4. The van der Waals surface area contributed by atoms with Gasteiger partial charge in [0.2, 0.25) is 0 Å². The zero-order valence-corrected chi connectivity index (χ0v) is 13.2. The fourth-order valence-corrected chi connectivity index (χ4v) is 4.06. The van der Waals surface area contributed by atoms with Gasteiger partial charge >= 0.3 is 0 Å². The minimum atomic E-state index is 0.136. The summed E-state index contributed by atoms with van der Waals surface area (Å²) >= 11 is 4.99. The molecular weight excluding hydrogens is 312 g/mol. The number of likely N-dealkylation sites (tertiary alicyclic amines) is 1. The molecule has 5 heteroatoms. The van der Waals surface area contributed by atoms with Crippen LogP contribution in [0.25, 0.3) is 0 Å². The van der Waals surface area contributed by atoms with Crippen molar-refractivity contribution in [3.8, 4) is 0 Å². The van der Waals surface area contributed by atoms with Crippen molar-refractivity contribution in [3.63, 3.8) is 0 Å². The van der Waals surface area contributed by atoms with Gasteiger partial charge in [0.1, 0.15) is 0 Å². The molecule has 18 heavy (non-hydrogen) atoms. The van der Waals surface area contributed by atoms with Gasteiger partial charge in [0.15, 0.2) is 0 Å². The number of hydrogen-bond acceptors (Lipinski definition) is 3. The molecule has 2 heterocycles. The number of carbonyl (C=O) groups is 1. The quantitative estimate of drug-likeness (QED) is 0.905. The maximum absolute atomic E-state index is 12.6. The Kier molecular flexibility index (Phi) is 4.45. The minimum Gasteiger partial charge on any atom is -0.331 e. The molecule has 0 aromatic carbocycles. The average Bonchev–Trinajstić information content (AvgIpc) is 2.68. The van der Waals surface area contributed by atoms with Crippen molar-refractivity contribution >= 4 is 33.2 Å². The van der Waals surface area contributed by atoms with Crippen molar-refractivity contribution in [2.75, 3.05) is 6.54 Å². The summed E-state index contributed by atoms with van der Waals surface area (Å²) < 4.78 is 1.04. The number of nitrogens with zero attached hydrogens (tertiary/aromatic N) is 1. The van der Waals surface area contributed by atoms with Crippen LogP contribution in [0.15, 0.2) is 9.85 Å². The van der Waals surface area contributed by atoms with E-state index >= 15 is 0 Å². The van der Waals surface area contributed by atoms with Gasteiger partial charge in [-0.05, 0) is 60.7 Å². The minimum absolute atomic E-state index is 0.136. The lowest BCUT2D eigenvalue weighted by molar-refractivity contribution is 0.0499. The Morgan fingerprint density at radius 2 is 2.33 bits per heavy atom. The standard InChI is InChI=1S/C13H19BrN2OS/c1-8-6-11(18-12(8)14)13(17)16-9(2)4-3-5-10(16)7-15/h6,9-10H,3-5,7,15H2,1-2H3. The van der Waals surface area contributed by atoms with Gasteiger partial charge in [-0.25, -0.2) is 0 Å². The maximum Gasteiger partial charge on any atom is 0.264 e. The summed E-state index contributed by atoms with van der Waals surface area (Å²) in [6.07, 6.45) is 3.27. The second-order valence-corrected chi connectivity index (χ2v) is 7.32. The number of piperidine rings is 1. The molecule has 1 fully saturated rings. The Bertz CT molecular complexity index is 427. The summed E-state index contributed by atoms with van der Waals surface area (Å²) in [5.41, 5.74) is 6.93. The Morgan fingerprint density at radius 3 is 2.89 bits per heavy atom. The summed E-state index contributed by atoms with van der Waals surface area (Å²) in [5, 5.41) is 0. The van der Waals surface area contributed by atoms with Crippen LogP contribution in [0, 0.1) is 6.92 Å². The first-order chi connectivity index (χ1) is 8.54. The molecule has 2 rings (SSSR count). The predicted octanol–water partition coefficient (Wildman–Crippen LogP) is 3.16. The van der Waals surface area contributed by atoms with Crippen molar-refractivity contribution in [1.29, 1.82) is 0 Å². The van der Waals surface area contributed by atoms with Crippen LogP contribution in [-0.2, 0) is 0 Å². The molecule has 1 aromatic heterocycles. The molecule has 1 amide bonds. The molecule has 2 atom stereocenters. The normalized spacial score (nSPS) is 24.3. The Morgan fingerprint density at radius 1 is 1.61 bits per heavy atom. The highest BCUT2D eigenvalue weighted by molar-refractivity contribution is 9.11. The fraction of sp³-hybridized carbons (Fsp3) is 0.615. The van der Waals surface area contributed by atoms with Gasteiger partial charge in [-0.3, -0.25) is 4.79 Å². The molecule has 100 valence electrons. The predicted molar refractivity (Wildman–Crippen MR) is 79.1 cm³/mol. The van der Waals surface area contributed by atoms with E-state index in [0.717, 1.165) is 27.1 Å². The molecule has 2 unspecified atom stereocenters. The number of hydrogen-bond donors (Lipinski definition) is 1. The number of thiophene rings is 1. The Hall–Kier alpha value is -0.390. The van der Waals surface area contributed by atoms with Crippen molar-refractivity contribution < 1.29 is 4.79 Å². The molecule has 1 aliphatic rings. The molecule has 1 aromatic rings. The lowest BCUT2D eigenvalue weighted by atomic mass is 9.96. The second-order valence-electron chi connectivity index (χ2n) is 4.95. The highest BCUT2D eigenvalue weighted by Gasteiger charge is 2.32. The van der Waals surface area contributed by atoms with Crippen LogP contribution in [0.1, 0.15) is 41.4 Å². The first-order valence-corrected chi connectivity index (χ1v) is 7.94. The molecule has 2 N–H and O–H groups in total. The fourth-order valence-electron chi connectivity index (χ4n) is 2.58. The summed E-state index contributed by atoms with van der Waals surface area (Å²) in [7, 11) is 0. The lowest BCUT2D eigenvalue weighted by Crippen LogP contribution is -2.51. The van der Waals surface area contributed by atoms with Crippen LogP contribution in [0.3, 0.4) is 0 Å². The summed E-state index contributed by atoms with van der Waals surface area (Å²) in [6.45, 7) is 4.69. The van der Waals surface area contributed by atoms with E-state index in [2.05, 4.69) is 22.9 Å². The molecule has 0 radical (unpaired) electrons. The van der Waals surface area contributed by atoms with Crippen molar-refractivity contribution in [3.05, 3.63) is 20.3 Å². The van der Waals surface area contributed by atoms with Crippen LogP contribution in [0.4, 0.5) is 0 Å². The van der Waals surface area contributed by atoms with Gasteiger partial charge < -0.3 is 10.6 Å². The highest BCUT2D eigenvalue weighted by atomic mass is 79.9. The molecule has 0 aliphatic carbocycles. The molecule has 1 saturated heterocycles. The molecule has 3 nitrogen and oxygen atoms in total. The number of nitrogens with two attached hydrogens (primary N) is 1. The molecule has 0 saturated carbocycles. The van der Waals surface area contributed by atoms with Crippen molar-refractivity contribution in [2.45, 2.75) is 45.2 Å². The Labute approximate surface area is 120 Å². The van der Waals surface area contributed by atoms with Crippen LogP contribution >= 0.6 is 27.3 Å². The van der Waals surface area contributed by atoms with E-state index in [1.54, 1.807) is 0 Å². The van der Waals surface area contributed by atoms with E-state index in [-0.39, 0.29) is 11.9 Å². The van der Waals surface area contributed by atoms with E-state index in [9.17, 15) is 4.79 Å². The SMILES string of the molecule is Cc1cc(C(=O)N2C(C)CCCC2CN)sc1Br. The van der Waals surface area contributed by atoms with Gasteiger partial charge in [-0.2, -0.15) is 0 Å². The highest BCUT2D eigenvalue weighted by Crippen LogP contribution is 2.31. The smallest absolute Gasteiger partial charge is 0.264 e. The summed E-state index contributed by atoms with van der Waals surface area (Å²) in [6, 6.07) is 2.45. The number of aryl methyl sites for hydroxylation is 1. The van der Waals surface area contributed by atoms with E-state index in [1.165, 1.54) is 17.8 Å². The van der Waals surface area contributed by atoms with Crippen LogP contribution < -0.4 is 5.73 Å². The molecular formula is C13H19BrN2OS. The molecule has 1 aliphatic heterocycles. The zero-order chi connectivity index (χ0) is 13.3. The number of halogens is 1. The second kappa shape index (κ2) is 5.72. The zero-order valence-electron chi connectivity index (χ0n) is 10.8. The first kappa shape index (κ1) is 14.0. The monoisotopic (exact) mass is 330 g/mol. The van der Waals surface area contributed by atoms with E-state index in [4.69, 9.17) is 5.73 Å². The van der Waals surface area contributed by atoms with Crippen molar-refractivity contribution in [2.24, 2.45) is 5.73 Å². The third-order valence-corrected chi connectivity index (χ3v) is 5.73. The number of rotatable bonds is 2. The van der Waals surface area contributed by atoms with Gasteiger partial charge in [0, 0.05) is 18.6 Å². The Balaban J connectivity index is 2.25. The average molecular weight is 331 g/mol. The maximum atomic E-state index is 12.6. The van der Waals surface area contributed by atoms with Crippen LogP contribution in [0.2, 0.25) is 0 Å². The van der Waals surface area contributed by atoms with Gasteiger partial charge in [0.05, 0.1) is 8.66 Å². The summed E-state index contributed by atoms with van der Waals surface area (Å²) in [5.74, 6) is 0.136. The van der Waals surface area contributed by atoms with E-state index in [0.29, 0.717) is 12.6 Å². The van der Waals surface area contributed by atoms with Gasteiger partial charge in [-0.15, -0.1) is 11.3 Å². The van der Waals surface area contributed by atoms with Gasteiger partial charge in [-0.1, -0.05) is 0 Å². The van der Waals surface area contributed by atoms with Crippen LogP contribution in [0.5, 0.6) is 0 Å². The van der Waals surface area contributed by atoms with Gasteiger partial charge in [0.25, 0.3) is 5.91 Å². The first-order valence-electron chi connectivity index (χ1n) is 6.33. The van der Waals surface area contributed by atoms with Crippen molar-refractivity contribution in [1.82, 2.24) is 4.90 Å². The van der Waals surface area contributed by atoms with E-state index in [1.807, 2.05) is 17.9 Å². The molecule has 0 bridgehead atoms. The molecule has 0 spiro atoms.